The van der Waals surface area contributed by atoms with E-state index in [1.165, 1.54) is 0 Å². The van der Waals surface area contributed by atoms with Crippen molar-refractivity contribution in [2.75, 3.05) is 26.2 Å². The predicted molar refractivity (Wildman–Crippen MR) is 91.9 cm³/mol. The monoisotopic (exact) mass is 374 g/mol. The number of β-amino-alcohol motifs (C(OH)–C–C–N with tert-alkyl or cyclic N) is 1. The molecule has 0 bridgehead atoms. The number of hydrogen-bond acceptors (Lipinski definition) is 3. The van der Waals surface area contributed by atoms with Crippen molar-refractivity contribution in [1.82, 2.24) is 10.2 Å². The molecule has 1 heterocycles. The standard InChI is InChI=1S/C16H24BrClN2O/c1-2-19-16(14-6-5-12(17)10-15(14)18)7-9-20-8-3-4-13(21)11-20/h5-6,10,13,16,19,21H,2-4,7-9,11H2,1H3. The van der Waals surface area contributed by atoms with Crippen LogP contribution in [0.4, 0.5) is 0 Å². The number of halogens is 2. The van der Waals surface area contributed by atoms with Crippen LogP contribution in [0.1, 0.15) is 37.8 Å². The van der Waals surface area contributed by atoms with Crippen LogP contribution < -0.4 is 5.32 Å². The van der Waals surface area contributed by atoms with Crippen LogP contribution in [0.2, 0.25) is 5.02 Å². The molecular formula is C16H24BrClN2O. The Morgan fingerprint density at radius 3 is 3.00 bits per heavy atom. The maximum absolute atomic E-state index is 9.76. The van der Waals surface area contributed by atoms with Gasteiger partial charge in [-0.2, -0.15) is 0 Å². The summed E-state index contributed by atoms with van der Waals surface area (Å²) >= 11 is 9.83. The molecule has 1 aromatic carbocycles. The number of piperidine rings is 1. The molecule has 0 aromatic heterocycles. The van der Waals surface area contributed by atoms with Gasteiger partial charge in [-0.3, -0.25) is 0 Å². The highest BCUT2D eigenvalue weighted by Crippen LogP contribution is 2.28. The lowest BCUT2D eigenvalue weighted by atomic mass is 10.0. The molecule has 21 heavy (non-hydrogen) atoms. The average Bonchev–Trinajstić information content (AvgIpc) is 2.44. The van der Waals surface area contributed by atoms with Gasteiger partial charge in [-0.05, 0) is 50.0 Å². The summed E-state index contributed by atoms with van der Waals surface area (Å²) in [6.45, 7) is 5.90. The summed E-state index contributed by atoms with van der Waals surface area (Å²) in [4.78, 5) is 2.35. The van der Waals surface area contributed by atoms with Gasteiger partial charge < -0.3 is 15.3 Å². The van der Waals surface area contributed by atoms with Crippen LogP contribution in [0.25, 0.3) is 0 Å². The maximum atomic E-state index is 9.76. The maximum Gasteiger partial charge on any atom is 0.0667 e. The molecule has 0 saturated carbocycles. The van der Waals surface area contributed by atoms with E-state index < -0.39 is 0 Å². The smallest absolute Gasteiger partial charge is 0.0667 e. The molecule has 1 fully saturated rings. The van der Waals surface area contributed by atoms with Gasteiger partial charge in [-0.25, -0.2) is 0 Å². The first-order chi connectivity index (χ1) is 10.1. The lowest BCUT2D eigenvalue weighted by molar-refractivity contribution is 0.0685. The normalized spacial score (nSPS) is 21.4. The third kappa shape index (κ3) is 5.22. The zero-order valence-electron chi connectivity index (χ0n) is 12.5. The van der Waals surface area contributed by atoms with Gasteiger partial charge in [0.25, 0.3) is 0 Å². The Morgan fingerprint density at radius 2 is 2.33 bits per heavy atom. The summed E-state index contributed by atoms with van der Waals surface area (Å²) in [7, 11) is 0. The van der Waals surface area contributed by atoms with Crippen molar-refractivity contribution in [2.24, 2.45) is 0 Å². The molecule has 2 atom stereocenters. The van der Waals surface area contributed by atoms with Crippen molar-refractivity contribution < 1.29 is 5.11 Å². The quantitative estimate of drug-likeness (QED) is 0.797. The number of rotatable bonds is 6. The molecule has 1 aromatic rings. The van der Waals surface area contributed by atoms with Crippen molar-refractivity contribution >= 4 is 27.5 Å². The molecular weight excluding hydrogens is 352 g/mol. The van der Waals surface area contributed by atoms with E-state index in [0.29, 0.717) is 0 Å². The zero-order chi connectivity index (χ0) is 15.2. The van der Waals surface area contributed by atoms with Gasteiger partial charge >= 0.3 is 0 Å². The Balaban J connectivity index is 1.98. The van der Waals surface area contributed by atoms with E-state index in [0.717, 1.165) is 60.5 Å². The Kier molecular flexibility index (Phi) is 6.96. The van der Waals surface area contributed by atoms with Gasteiger partial charge in [0.2, 0.25) is 0 Å². The molecule has 2 unspecified atom stereocenters. The average molecular weight is 376 g/mol. The molecule has 0 aliphatic carbocycles. The third-order valence-corrected chi connectivity index (χ3v) is 4.82. The van der Waals surface area contributed by atoms with E-state index >= 15 is 0 Å². The fourth-order valence-electron chi connectivity index (χ4n) is 2.94. The Morgan fingerprint density at radius 1 is 1.52 bits per heavy atom. The second kappa shape index (κ2) is 8.49. The molecule has 1 aliphatic heterocycles. The number of aliphatic hydroxyl groups is 1. The molecule has 0 radical (unpaired) electrons. The molecule has 0 spiro atoms. The summed E-state index contributed by atoms with van der Waals surface area (Å²) in [5.74, 6) is 0. The van der Waals surface area contributed by atoms with Crippen molar-refractivity contribution in [3.05, 3.63) is 33.3 Å². The van der Waals surface area contributed by atoms with Crippen LogP contribution in [-0.2, 0) is 0 Å². The topological polar surface area (TPSA) is 35.5 Å². The van der Waals surface area contributed by atoms with Gasteiger partial charge in [0.05, 0.1) is 6.10 Å². The molecule has 5 heteroatoms. The fourth-order valence-corrected chi connectivity index (χ4v) is 3.75. The molecule has 1 aliphatic rings. The number of aliphatic hydroxyl groups excluding tert-OH is 1. The van der Waals surface area contributed by atoms with Gasteiger partial charge in [0.15, 0.2) is 0 Å². The highest BCUT2D eigenvalue weighted by molar-refractivity contribution is 9.10. The van der Waals surface area contributed by atoms with Gasteiger partial charge in [-0.1, -0.05) is 40.5 Å². The van der Waals surface area contributed by atoms with E-state index in [-0.39, 0.29) is 12.1 Å². The van der Waals surface area contributed by atoms with Gasteiger partial charge in [0.1, 0.15) is 0 Å². The zero-order valence-corrected chi connectivity index (χ0v) is 14.8. The van der Waals surface area contributed by atoms with Crippen LogP contribution in [-0.4, -0.2) is 42.3 Å². The molecule has 2 N–H and O–H groups in total. The lowest BCUT2D eigenvalue weighted by Gasteiger charge is -2.31. The van der Waals surface area contributed by atoms with Gasteiger partial charge in [-0.15, -0.1) is 0 Å². The molecule has 1 saturated heterocycles. The molecule has 2 rings (SSSR count). The first kappa shape index (κ1) is 17.2. The summed E-state index contributed by atoms with van der Waals surface area (Å²) in [6.07, 6.45) is 2.87. The van der Waals surface area contributed by atoms with E-state index in [1.807, 2.05) is 12.1 Å². The number of likely N-dealkylation sites (tertiary alicyclic amines) is 1. The Hall–Kier alpha value is -0.130. The van der Waals surface area contributed by atoms with Crippen LogP contribution in [0.15, 0.2) is 22.7 Å². The number of nitrogens with zero attached hydrogens (tertiary/aromatic N) is 1. The second-order valence-electron chi connectivity index (χ2n) is 5.66. The van der Waals surface area contributed by atoms with Crippen molar-refractivity contribution in [1.29, 1.82) is 0 Å². The first-order valence-corrected chi connectivity index (χ1v) is 8.86. The summed E-state index contributed by atoms with van der Waals surface area (Å²) in [5.41, 5.74) is 1.15. The Labute approximate surface area is 140 Å². The van der Waals surface area contributed by atoms with Crippen LogP contribution in [0, 0.1) is 0 Å². The lowest BCUT2D eigenvalue weighted by Crippen LogP contribution is -2.39. The van der Waals surface area contributed by atoms with Crippen molar-refractivity contribution in [2.45, 2.75) is 38.3 Å². The second-order valence-corrected chi connectivity index (χ2v) is 6.98. The van der Waals surface area contributed by atoms with E-state index in [4.69, 9.17) is 11.6 Å². The SMILES string of the molecule is CCNC(CCN1CCCC(O)C1)c1ccc(Br)cc1Cl. The highest BCUT2D eigenvalue weighted by atomic mass is 79.9. The summed E-state index contributed by atoms with van der Waals surface area (Å²) < 4.78 is 1.01. The predicted octanol–water partition coefficient (Wildman–Crippen LogP) is 3.60. The van der Waals surface area contributed by atoms with E-state index in [9.17, 15) is 5.11 Å². The van der Waals surface area contributed by atoms with Gasteiger partial charge in [0, 0.05) is 28.6 Å². The number of nitrogens with one attached hydrogen (secondary N) is 1. The van der Waals surface area contributed by atoms with E-state index in [1.54, 1.807) is 0 Å². The minimum absolute atomic E-state index is 0.160. The largest absolute Gasteiger partial charge is 0.392 e. The number of benzene rings is 1. The van der Waals surface area contributed by atoms with Crippen LogP contribution in [0.5, 0.6) is 0 Å². The highest BCUT2D eigenvalue weighted by Gasteiger charge is 2.20. The number of hydrogen-bond donors (Lipinski definition) is 2. The van der Waals surface area contributed by atoms with Crippen molar-refractivity contribution in [3.63, 3.8) is 0 Å². The fraction of sp³-hybridized carbons (Fsp3) is 0.625. The minimum atomic E-state index is -0.160. The first-order valence-electron chi connectivity index (χ1n) is 7.69. The van der Waals surface area contributed by atoms with Crippen LogP contribution in [0.3, 0.4) is 0 Å². The molecule has 3 nitrogen and oxygen atoms in total. The van der Waals surface area contributed by atoms with Crippen molar-refractivity contribution in [3.8, 4) is 0 Å². The molecule has 118 valence electrons. The van der Waals surface area contributed by atoms with Crippen LogP contribution >= 0.6 is 27.5 Å². The van der Waals surface area contributed by atoms with E-state index in [2.05, 4.69) is 39.1 Å². The third-order valence-electron chi connectivity index (χ3n) is 4.00. The minimum Gasteiger partial charge on any atom is -0.392 e. The molecule has 0 amide bonds. The Bertz CT molecular complexity index is 458. The summed E-state index contributed by atoms with van der Waals surface area (Å²) in [6, 6.07) is 6.34. The summed E-state index contributed by atoms with van der Waals surface area (Å²) in [5, 5.41) is 14.1.